The zero-order valence-corrected chi connectivity index (χ0v) is 19.8. The van der Waals surface area contributed by atoms with Gasteiger partial charge in [-0.2, -0.15) is 18.3 Å². The van der Waals surface area contributed by atoms with Gasteiger partial charge in [0.2, 0.25) is 4.96 Å². The summed E-state index contributed by atoms with van der Waals surface area (Å²) >= 11 is 1.32. The Balaban J connectivity index is 1.51. The fourth-order valence-corrected chi connectivity index (χ4v) is 5.06. The standard InChI is InChI=1S/C23H23F3N6O2S/c1-12-19(14-9-16(23(24,25)26)20(27)29-11-14)32-22(30-12)35-21(31-32)13-3-4-17(18(10-13)33-2)34-15-5-7-28-8-6-15/h3-4,9-11,15,28H,5-8H2,1-2H3,(H2,27,29). The van der Waals surface area contributed by atoms with Crippen molar-refractivity contribution in [2.75, 3.05) is 25.9 Å². The molecule has 0 aliphatic carbocycles. The van der Waals surface area contributed by atoms with E-state index in [4.69, 9.17) is 15.2 Å². The third-order valence-corrected chi connectivity index (χ3v) is 6.82. The van der Waals surface area contributed by atoms with Crippen molar-refractivity contribution in [3.63, 3.8) is 0 Å². The number of piperidine rings is 1. The summed E-state index contributed by atoms with van der Waals surface area (Å²) in [6.45, 7) is 3.55. The molecule has 0 amide bonds. The number of hydrogen-bond donors (Lipinski definition) is 2. The Bertz CT molecular complexity index is 1380. The Morgan fingerprint density at radius 1 is 1.14 bits per heavy atom. The quantitative estimate of drug-likeness (QED) is 0.411. The van der Waals surface area contributed by atoms with Crippen LogP contribution in [0.5, 0.6) is 11.5 Å². The van der Waals surface area contributed by atoms with Crippen LogP contribution < -0.4 is 20.5 Å². The summed E-state index contributed by atoms with van der Waals surface area (Å²) in [5.41, 5.74) is 6.46. The molecule has 0 radical (unpaired) electrons. The first-order valence-electron chi connectivity index (χ1n) is 11.0. The summed E-state index contributed by atoms with van der Waals surface area (Å²) < 4.78 is 53.4. The van der Waals surface area contributed by atoms with E-state index in [1.807, 2.05) is 18.2 Å². The van der Waals surface area contributed by atoms with Gasteiger partial charge in [0.05, 0.1) is 24.1 Å². The maximum absolute atomic E-state index is 13.4. The molecule has 184 valence electrons. The highest BCUT2D eigenvalue weighted by atomic mass is 32.1. The minimum Gasteiger partial charge on any atom is -0.493 e. The Hall–Kier alpha value is -3.38. The molecule has 35 heavy (non-hydrogen) atoms. The van der Waals surface area contributed by atoms with E-state index >= 15 is 0 Å². The monoisotopic (exact) mass is 504 g/mol. The summed E-state index contributed by atoms with van der Waals surface area (Å²) in [5.74, 6) is 0.675. The molecule has 1 aliphatic heterocycles. The second kappa shape index (κ2) is 9.00. The van der Waals surface area contributed by atoms with Crippen LogP contribution in [0.25, 0.3) is 26.8 Å². The second-order valence-corrected chi connectivity index (χ2v) is 9.19. The number of nitrogen functional groups attached to an aromatic ring is 1. The lowest BCUT2D eigenvalue weighted by molar-refractivity contribution is -0.137. The van der Waals surface area contributed by atoms with Crippen molar-refractivity contribution in [3.8, 4) is 33.3 Å². The van der Waals surface area contributed by atoms with Crippen molar-refractivity contribution >= 4 is 22.1 Å². The Morgan fingerprint density at radius 2 is 1.91 bits per heavy atom. The summed E-state index contributed by atoms with van der Waals surface area (Å²) in [7, 11) is 1.58. The first kappa shape index (κ1) is 23.4. The van der Waals surface area contributed by atoms with Crippen molar-refractivity contribution in [2.24, 2.45) is 0 Å². The van der Waals surface area contributed by atoms with Gasteiger partial charge in [0.25, 0.3) is 0 Å². The number of methoxy groups -OCH3 is 1. The Morgan fingerprint density at radius 3 is 2.63 bits per heavy atom. The number of nitrogens with two attached hydrogens (primary N) is 1. The predicted molar refractivity (Wildman–Crippen MR) is 127 cm³/mol. The van der Waals surface area contributed by atoms with Crippen molar-refractivity contribution in [1.29, 1.82) is 0 Å². The average Bonchev–Trinajstić information content (AvgIpc) is 3.36. The molecule has 0 atom stereocenters. The van der Waals surface area contributed by atoms with Crippen molar-refractivity contribution in [1.82, 2.24) is 24.9 Å². The van der Waals surface area contributed by atoms with Gasteiger partial charge in [-0.15, -0.1) is 0 Å². The van der Waals surface area contributed by atoms with Crippen LogP contribution in [-0.2, 0) is 6.18 Å². The Labute approximate surface area is 202 Å². The van der Waals surface area contributed by atoms with Crippen LogP contribution in [0.15, 0.2) is 30.5 Å². The zero-order chi connectivity index (χ0) is 24.7. The fourth-order valence-electron chi connectivity index (χ4n) is 4.12. The second-order valence-electron chi connectivity index (χ2n) is 8.23. The molecule has 1 aliphatic rings. The van der Waals surface area contributed by atoms with E-state index in [9.17, 15) is 13.2 Å². The van der Waals surface area contributed by atoms with E-state index in [0.29, 0.717) is 32.9 Å². The summed E-state index contributed by atoms with van der Waals surface area (Å²) in [6.07, 6.45) is -1.35. The van der Waals surface area contributed by atoms with Crippen molar-refractivity contribution in [3.05, 3.63) is 41.7 Å². The molecule has 8 nitrogen and oxygen atoms in total. The van der Waals surface area contributed by atoms with Gasteiger partial charge in [0.15, 0.2) is 11.5 Å². The molecule has 3 N–H and O–H groups in total. The number of ether oxygens (including phenoxy) is 2. The maximum atomic E-state index is 13.4. The lowest BCUT2D eigenvalue weighted by Gasteiger charge is -2.24. The SMILES string of the molecule is COc1cc(-c2nn3c(-c4cnc(N)c(C(F)(F)F)c4)c(C)nc3s2)ccc1OC1CCNCC1. The summed E-state index contributed by atoms with van der Waals surface area (Å²) in [5, 5.41) is 8.59. The molecule has 4 aromatic rings. The number of hydrogen-bond acceptors (Lipinski definition) is 8. The van der Waals surface area contributed by atoms with Gasteiger partial charge in [-0.1, -0.05) is 11.3 Å². The number of alkyl halides is 3. The smallest absolute Gasteiger partial charge is 0.419 e. The van der Waals surface area contributed by atoms with Crippen LogP contribution >= 0.6 is 11.3 Å². The third-order valence-electron chi connectivity index (χ3n) is 5.87. The number of anilines is 1. The van der Waals surface area contributed by atoms with E-state index < -0.39 is 17.6 Å². The van der Waals surface area contributed by atoms with E-state index in [0.717, 1.165) is 37.6 Å². The number of benzene rings is 1. The van der Waals surface area contributed by atoms with Crippen LogP contribution in [0.3, 0.4) is 0 Å². The number of fused-ring (bicyclic) bond motifs is 1. The first-order valence-corrected chi connectivity index (χ1v) is 11.8. The van der Waals surface area contributed by atoms with Gasteiger partial charge in [0, 0.05) is 17.3 Å². The molecular weight excluding hydrogens is 481 g/mol. The molecule has 3 aromatic heterocycles. The van der Waals surface area contributed by atoms with Crippen LogP contribution in [-0.4, -0.2) is 45.9 Å². The van der Waals surface area contributed by atoms with E-state index in [1.165, 1.54) is 22.0 Å². The van der Waals surface area contributed by atoms with Crippen LogP contribution in [0.4, 0.5) is 19.0 Å². The molecular formula is C23H23F3N6O2S. The van der Waals surface area contributed by atoms with Crippen molar-refractivity contribution in [2.45, 2.75) is 32.0 Å². The summed E-state index contributed by atoms with van der Waals surface area (Å²) in [4.78, 5) is 8.80. The molecule has 0 bridgehead atoms. The number of halogens is 3. The molecule has 12 heteroatoms. The first-order chi connectivity index (χ1) is 16.7. The van der Waals surface area contributed by atoms with Crippen LogP contribution in [0, 0.1) is 6.92 Å². The lowest BCUT2D eigenvalue weighted by atomic mass is 10.1. The van der Waals surface area contributed by atoms with E-state index in [2.05, 4.69) is 20.4 Å². The summed E-state index contributed by atoms with van der Waals surface area (Å²) in [6, 6.07) is 6.56. The molecule has 1 aromatic carbocycles. The van der Waals surface area contributed by atoms with Crippen LogP contribution in [0.1, 0.15) is 24.1 Å². The minimum absolute atomic E-state index is 0.125. The number of pyridine rings is 1. The van der Waals surface area contributed by atoms with Gasteiger partial charge in [-0.25, -0.2) is 14.5 Å². The van der Waals surface area contributed by atoms with Gasteiger partial charge in [-0.05, 0) is 57.1 Å². The zero-order valence-electron chi connectivity index (χ0n) is 19.0. The fraction of sp³-hybridized carbons (Fsp3) is 0.348. The highest BCUT2D eigenvalue weighted by Crippen LogP contribution is 2.39. The number of imidazole rings is 1. The van der Waals surface area contributed by atoms with E-state index in [-0.39, 0.29) is 11.7 Å². The van der Waals surface area contributed by atoms with Crippen LogP contribution in [0.2, 0.25) is 0 Å². The average molecular weight is 505 g/mol. The maximum Gasteiger partial charge on any atom is 0.419 e. The van der Waals surface area contributed by atoms with Crippen molar-refractivity contribution < 1.29 is 22.6 Å². The van der Waals surface area contributed by atoms with Gasteiger partial charge in [-0.3, -0.25) is 0 Å². The molecule has 1 fully saturated rings. The van der Waals surface area contributed by atoms with Gasteiger partial charge < -0.3 is 20.5 Å². The number of nitrogens with zero attached hydrogens (tertiary/aromatic N) is 4. The topological polar surface area (TPSA) is 99.6 Å². The van der Waals surface area contributed by atoms with Gasteiger partial charge in [0.1, 0.15) is 16.9 Å². The number of nitrogens with one attached hydrogen (secondary N) is 1. The normalized spacial score (nSPS) is 15.0. The number of aryl methyl sites for hydroxylation is 1. The molecule has 1 saturated heterocycles. The molecule has 0 unspecified atom stereocenters. The molecule has 5 rings (SSSR count). The van der Waals surface area contributed by atoms with E-state index in [1.54, 1.807) is 14.0 Å². The minimum atomic E-state index is -4.62. The Kier molecular flexibility index (Phi) is 6.01. The lowest BCUT2D eigenvalue weighted by Crippen LogP contribution is -2.34. The third kappa shape index (κ3) is 4.50. The van der Waals surface area contributed by atoms with Gasteiger partial charge >= 0.3 is 6.18 Å². The number of rotatable bonds is 5. The predicted octanol–water partition coefficient (Wildman–Crippen LogP) is 4.57. The highest BCUT2D eigenvalue weighted by Gasteiger charge is 2.34. The molecule has 0 saturated carbocycles. The molecule has 4 heterocycles. The number of aromatic nitrogens is 4. The highest BCUT2D eigenvalue weighted by molar-refractivity contribution is 7.19. The molecule has 0 spiro atoms. The largest absolute Gasteiger partial charge is 0.493 e.